The van der Waals surface area contributed by atoms with Crippen LogP contribution in [0.1, 0.15) is 22.3 Å². The molecule has 0 amide bonds. The summed E-state index contributed by atoms with van der Waals surface area (Å²) in [5, 5.41) is 8.74. The van der Waals surface area contributed by atoms with Gasteiger partial charge in [-0.2, -0.15) is 0 Å². The predicted octanol–water partition coefficient (Wildman–Crippen LogP) is 6.38. The zero-order chi connectivity index (χ0) is 33.1. The Kier molecular flexibility index (Phi) is 4.88. The van der Waals surface area contributed by atoms with Crippen LogP contribution in [-0.2, 0) is 5.41 Å². The topological polar surface area (TPSA) is 17.0 Å². The summed E-state index contributed by atoms with van der Waals surface area (Å²) in [6, 6.07) is 64.4. The van der Waals surface area contributed by atoms with E-state index in [1.807, 2.05) is 0 Å². The molecular formula is C43H29B5N2P-. The standard InChI is InChI=1S/C43H29B5N2P/c1-4-15-29(16-5-1)43(30-17-6-2-7-18-30)34-22-11-12-24-36(34)45-40-35(43)23-14-26-38(40)50-37-25-13-10-21-32(37)33-27-28-39(41(45)42(33)50)51(46-44-47(51)48(46)51)49-31-19-8-3-9-20-31/h1-28,49H/q-1. The van der Waals surface area contributed by atoms with Crippen LogP contribution < -0.4 is 26.8 Å². The molecule has 1 N–H and O–H groups in total. The van der Waals surface area contributed by atoms with Crippen molar-refractivity contribution >= 4 is 88.0 Å². The quantitative estimate of drug-likeness (QED) is 0.168. The van der Waals surface area contributed by atoms with Crippen LogP contribution in [0.4, 0.5) is 5.69 Å². The van der Waals surface area contributed by atoms with E-state index in [-0.39, 0.29) is 6.71 Å². The van der Waals surface area contributed by atoms with Crippen molar-refractivity contribution in [1.29, 1.82) is 0 Å². The first-order chi connectivity index (χ1) is 25.3. The Bertz CT molecular complexity index is 2760. The Morgan fingerprint density at radius 1 is 0.549 bits per heavy atom. The molecule has 2 nitrogen and oxygen atoms in total. The Morgan fingerprint density at radius 2 is 1.18 bits per heavy atom. The third-order valence-corrected chi connectivity index (χ3v) is 20.8. The number of anilines is 1. The molecule has 8 heteroatoms. The summed E-state index contributed by atoms with van der Waals surface area (Å²) in [4.78, 5) is 0. The van der Waals surface area contributed by atoms with Gasteiger partial charge in [-0.15, -0.1) is 0 Å². The number of rotatable bonds is 5. The van der Waals surface area contributed by atoms with Crippen molar-refractivity contribution in [2.75, 3.05) is 5.09 Å². The summed E-state index contributed by atoms with van der Waals surface area (Å²) >= 11 is 0. The van der Waals surface area contributed by atoms with E-state index < -0.39 is 11.8 Å². The summed E-state index contributed by atoms with van der Waals surface area (Å²) in [6.45, 7) is 0.124. The molecule has 4 saturated heterocycles. The molecule has 0 aliphatic carbocycles. The van der Waals surface area contributed by atoms with Gasteiger partial charge in [0.25, 0.3) is 0 Å². The summed E-state index contributed by atoms with van der Waals surface area (Å²) in [7, 11) is 2.66. The Balaban J connectivity index is 1.21. The van der Waals surface area contributed by atoms with Crippen LogP contribution in [0.25, 0.3) is 27.5 Å². The van der Waals surface area contributed by atoms with Gasteiger partial charge in [-0.3, -0.25) is 0 Å². The molecule has 51 heavy (non-hydrogen) atoms. The Labute approximate surface area is 299 Å². The van der Waals surface area contributed by atoms with E-state index in [9.17, 15) is 0 Å². The minimum absolute atomic E-state index is 0.124. The molecule has 0 atom stereocenters. The Morgan fingerprint density at radius 3 is 1.88 bits per heavy atom. The number of aromatic nitrogens is 1. The molecular weight excluding hydrogens is 630 g/mol. The SMILES string of the molecule is [B-]1B2B3B1P23(Nc1ccccc1)c1ccc2c3ccccc3n3c2c1B1c2ccccc2C(c2ccccc2)(c2ccccc2)c2cccc-3c21. The van der Waals surface area contributed by atoms with E-state index in [2.05, 4.69) is 187 Å². The summed E-state index contributed by atoms with van der Waals surface area (Å²) < 4.78 is 2.66. The van der Waals surface area contributed by atoms with Gasteiger partial charge in [0.05, 0.1) is 0 Å². The van der Waals surface area contributed by atoms with E-state index in [1.54, 1.807) is 10.8 Å². The van der Waals surface area contributed by atoms with Gasteiger partial charge in [-0.25, -0.2) is 0 Å². The van der Waals surface area contributed by atoms with Crippen LogP contribution >= 0.6 is 6.39 Å². The van der Waals surface area contributed by atoms with Gasteiger partial charge in [-0.05, 0) is 0 Å². The molecule has 7 aromatic carbocycles. The summed E-state index contributed by atoms with van der Waals surface area (Å²) in [5.41, 5.74) is 14.7. The van der Waals surface area contributed by atoms with Gasteiger partial charge in [0.2, 0.25) is 0 Å². The van der Waals surface area contributed by atoms with Crippen LogP contribution in [0, 0.1) is 0 Å². The molecule has 14 rings (SSSR count). The molecule has 0 unspecified atom stereocenters. The fourth-order valence-corrected chi connectivity index (χ4v) is 20.0. The van der Waals surface area contributed by atoms with E-state index >= 15 is 0 Å². The van der Waals surface area contributed by atoms with Gasteiger partial charge in [-0.1, -0.05) is 0 Å². The molecule has 7 heterocycles. The molecule has 0 spiro atoms. The maximum atomic E-state index is 4.40. The molecule has 1 aromatic heterocycles. The van der Waals surface area contributed by atoms with Crippen molar-refractivity contribution in [3.63, 3.8) is 0 Å². The summed E-state index contributed by atoms with van der Waals surface area (Å²) in [6.07, 6.45) is -0.258. The number of para-hydroxylation sites is 2. The van der Waals surface area contributed by atoms with Crippen molar-refractivity contribution in [1.82, 2.24) is 4.57 Å². The number of fused-ring (bicyclic) bond motifs is 7. The summed E-state index contributed by atoms with van der Waals surface area (Å²) in [5.74, 6) is 0. The average molecular weight is 659 g/mol. The van der Waals surface area contributed by atoms with Gasteiger partial charge in [0.1, 0.15) is 0 Å². The van der Waals surface area contributed by atoms with Crippen molar-refractivity contribution in [2.24, 2.45) is 0 Å². The molecule has 2 bridgehead atoms. The van der Waals surface area contributed by atoms with Crippen LogP contribution in [0.2, 0.25) is 0 Å². The van der Waals surface area contributed by atoms with Gasteiger partial charge in [0, 0.05) is 0 Å². The van der Waals surface area contributed by atoms with Gasteiger partial charge < -0.3 is 0 Å². The van der Waals surface area contributed by atoms with E-state index in [0.29, 0.717) is 12.4 Å². The maximum absolute atomic E-state index is 4.40. The van der Waals surface area contributed by atoms with E-state index in [4.69, 9.17) is 0 Å². The second-order valence-electron chi connectivity index (χ2n) is 15.5. The molecule has 6 aliphatic rings. The monoisotopic (exact) mass is 659 g/mol. The minimum atomic E-state index is -2.42. The average Bonchev–Trinajstić information content (AvgIpc) is 3.77. The zero-order valence-electron chi connectivity index (χ0n) is 27.9. The first kappa shape index (κ1) is 27.6. The second-order valence-corrected chi connectivity index (χ2v) is 20.6. The van der Waals surface area contributed by atoms with E-state index in [1.165, 1.54) is 66.4 Å². The van der Waals surface area contributed by atoms with Crippen molar-refractivity contribution in [3.05, 3.63) is 192 Å². The Hall–Kier alpha value is -5.11. The van der Waals surface area contributed by atoms with Gasteiger partial charge in [0.15, 0.2) is 0 Å². The van der Waals surface area contributed by atoms with E-state index in [0.717, 1.165) is 6.21 Å². The number of hydrogen-bond acceptors (Lipinski definition) is 1. The molecule has 2 radical (unpaired) electrons. The first-order valence-corrected chi connectivity index (χ1v) is 20.8. The first-order valence-electron chi connectivity index (χ1n) is 18.4. The number of nitrogens with one attached hydrogen (secondary N) is 1. The zero-order valence-corrected chi connectivity index (χ0v) is 28.8. The van der Waals surface area contributed by atoms with Crippen molar-refractivity contribution in [2.45, 2.75) is 5.41 Å². The van der Waals surface area contributed by atoms with Crippen LogP contribution in [-0.4, -0.2) is 37.0 Å². The van der Waals surface area contributed by atoms with Crippen molar-refractivity contribution < 1.29 is 0 Å². The molecule has 4 fully saturated rings. The second kappa shape index (κ2) is 9.03. The van der Waals surface area contributed by atoms with Crippen LogP contribution in [0.5, 0.6) is 0 Å². The number of benzene rings is 7. The molecule has 232 valence electrons. The number of nitrogens with zero attached hydrogens (tertiary/aromatic N) is 1. The molecule has 6 aliphatic heterocycles. The normalized spacial score (nSPS) is 18.9. The van der Waals surface area contributed by atoms with Crippen molar-refractivity contribution in [3.8, 4) is 5.69 Å². The third kappa shape index (κ3) is 2.86. The van der Waals surface area contributed by atoms with Crippen LogP contribution in [0.15, 0.2) is 170 Å². The fourth-order valence-electron chi connectivity index (χ4n) is 11.7. The van der Waals surface area contributed by atoms with Gasteiger partial charge >= 0.3 is 301 Å². The molecule has 8 aromatic rings. The fraction of sp³-hybridized carbons (Fsp3) is 0.0233. The third-order valence-electron chi connectivity index (χ3n) is 13.8. The molecule has 0 saturated carbocycles. The van der Waals surface area contributed by atoms with Crippen LogP contribution in [0.3, 0.4) is 0 Å². The predicted molar refractivity (Wildman–Crippen MR) is 223 cm³/mol. The number of hydrogen-bond donors (Lipinski definition) is 1.